The van der Waals surface area contributed by atoms with E-state index < -0.39 is 11.5 Å². The van der Waals surface area contributed by atoms with Gasteiger partial charge in [-0.05, 0) is 43.7 Å². The molecule has 2 N–H and O–H groups in total. The van der Waals surface area contributed by atoms with Crippen LogP contribution in [-0.2, 0) is 11.2 Å². The summed E-state index contributed by atoms with van der Waals surface area (Å²) >= 11 is 0. The van der Waals surface area contributed by atoms with Gasteiger partial charge in [-0.15, -0.1) is 0 Å². The summed E-state index contributed by atoms with van der Waals surface area (Å²) in [5.41, 5.74) is 1.46. The lowest BCUT2D eigenvalue weighted by Gasteiger charge is -2.27. The van der Waals surface area contributed by atoms with Crippen molar-refractivity contribution in [3.8, 4) is 0 Å². The van der Waals surface area contributed by atoms with Crippen LogP contribution in [0, 0.1) is 12.7 Å². The molecule has 0 aliphatic rings. The molecule has 3 nitrogen and oxygen atoms in total. The predicted molar refractivity (Wildman–Crippen MR) is 80.9 cm³/mol. The highest BCUT2D eigenvalue weighted by atomic mass is 19.1. The summed E-state index contributed by atoms with van der Waals surface area (Å²) in [6, 6.07) is 13.4. The van der Waals surface area contributed by atoms with Crippen molar-refractivity contribution in [1.82, 2.24) is 0 Å². The number of hydrogen-bond acceptors (Lipinski definition) is 2. The maximum Gasteiger partial charge on any atom is 0.329 e. The van der Waals surface area contributed by atoms with E-state index in [4.69, 9.17) is 0 Å². The highest BCUT2D eigenvalue weighted by Crippen LogP contribution is 2.21. The molecule has 2 aromatic rings. The lowest BCUT2D eigenvalue weighted by Crippen LogP contribution is -2.45. The van der Waals surface area contributed by atoms with Crippen LogP contribution in [-0.4, -0.2) is 16.6 Å². The van der Waals surface area contributed by atoms with E-state index in [1.54, 1.807) is 19.1 Å². The Hall–Kier alpha value is -2.36. The highest BCUT2D eigenvalue weighted by molar-refractivity contribution is 5.82. The topological polar surface area (TPSA) is 49.3 Å². The molecule has 0 heterocycles. The van der Waals surface area contributed by atoms with E-state index in [0.29, 0.717) is 0 Å². The molecule has 0 spiro atoms. The highest BCUT2D eigenvalue weighted by Gasteiger charge is 2.33. The Balaban J connectivity index is 2.21. The summed E-state index contributed by atoms with van der Waals surface area (Å²) in [4.78, 5) is 11.6. The van der Waals surface area contributed by atoms with Crippen LogP contribution in [0.5, 0.6) is 0 Å². The van der Waals surface area contributed by atoms with E-state index in [2.05, 4.69) is 5.32 Å². The SMILES string of the molecule is Cc1ccc(NC(C)(Cc2ccc(F)cc2)C(=O)O)cc1. The summed E-state index contributed by atoms with van der Waals surface area (Å²) in [5, 5.41) is 12.6. The average molecular weight is 287 g/mol. The first-order chi connectivity index (χ1) is 9.89. The van der Waals surface area contributed by atoms with Gasteiger partial charge in [-0.1, -0.05) is 29.8 Å². The molecular weight excluding hydrogens is 269 g/mol. The van der Waals surface area contributed by atoms with Crippen LogP contribution in [0.25, 0.3) is 0 Å². The maximum absolute atomic E-state index is 12.9. The molecule has 2 aromatic carbocycles. The largest absolute Gasteiger partial charge is 0.480 e. The lowest BCUT2D eigenvalue weighted by atomic mass is 9.92. The van der Waals surface area contributed by atoms with E-state index >= 15 is 0 Å². The fourth-order valence-corrected chi connectivity index (χ4v) is 2.14. The minimum absolute atomic E-state index is 0.260. The molecule has 110 valence electrons. The van der Waals surface area contributed by atoms with Gasteiger partial charge in [-0.2, -0.15) is 0 Å². The molecule has 0 radical (unpaired) electrons. The van der Waals surface area contributed by atoms with Gasteiger partial charge in [0.15, 0.2) is 0 Å². The number of carboxylic acids is 1. The Bertz CT molecular complexity index is 573. The van der Waals surface area contributed by atoms with Crippen molar-refractivity contribution in [2.45, 2.75) is 25.8 Å². The molecule has 1 unspecified atom stereocenters. The standard InChI is InChI=1S/C17H18FNO2/c1-12-3-9-15(10-4-12)19-17(2,16(20)21)11-13-5-7-14(18)8-6-13/h3-10,19H,11H2,1-2H3,(H,20,21). The number of carbonyl (C=O) groups is 1. The van der Waals surface area contributed by atoms with E-state index in [9.17, 15) is 14.3 Å². The minimum atomic E-state index is -1.16. The summed E-state index contributed by atoms with van der Waals surface area (Å²) in [6.07, 6.45) is 0.260. The Kier molecular flexibility index (Phi) is 4.26. The normalized spacial score (nSPS) is 13.5. The van der Waals surface area contributed by atoms with Crippen molar-refractivity contribution in [2.24, 2.45) is 0 Å². The van der Waals surface area contributed by atoms with Crippen LogP contribution in [0.4, 0.5) is 10.1 Å². The van der Waals surface area contributed by atoms with Crippen LogP contribution in [0.1, 0.15) is 18.1 Å². The third-order valence-corrected chi connectivity index (χ3v) is 3.41. The molecule has 2 rings (SSSR count). The summed E-state index contributed by atoms with van der Waals surface area (Å²) in [5.74, 6) is -1.28. The maximum atomic E-state index is 12.9. The third kappa shape index (κ3) is 3.81. The second kappa shape index (κ2) is 5.95. The number of anilines is 1. The number of aliphatic carboxylic acids is 1. The van der Waals surface area contributed by atoms with Gasteiger partial charge in [-0.25, -0.2) is 9.18 Å². The molecule has 0 bridgehead atoms. The molecule has 0 fully saturated rings. The Morgan fingerprint density at radius 2 is 1.71 bits per heavy atom. The van der Waals surface area contributed by atoms with Gasteiger partial charge in [0.05, 0.1) is 0 Å². The number of benzene rings is 2. The molecule has 0 aliphatic heterocycles. The van der Waals surface area contributed by atoms with E-state index in [1.807, 2.05) is 31.2 Å². The Morgan fingerprint density at radius 1 is 1.14 bits per heavy atom. The van der Waals surface area contributed by atoms with Gasteiger partial charge < -0.3 is 10.4 Å². The number of rotatable bonds is 5. The van der Waals surface area contributed by atoms with Crippen LogP contribution in [0.2, 0.25) is 0 Å². The van der Waals surface area contributed by atoms with E-state index in [-0.39, 0.29) is 12.2 Å². The number of hydrogen-bond donors (Lipinski definition) is 2. The molecule has 21 heavy (non-hydrogen) atoms. The van der Waals surface area contributed by atoms with Crippen molar-refractivity contribution in [3.05, 3.63) is 65.5 Å². The van der Waals surface area contributed by atoms with Crippen molar-refractivity contribution >= 4 is 11.7 Å². The van der Waals surface area contributed by atoms with Gasteiger partial charge in [0, 0.05) is 12.1 Å². The Labute approximate surface area is 123 Å². The fourth-order valence-electron chi connectivity index (χ4n) is 2.14. The van der Waals surface area contributed by atoms with E-state index in [0.717, 1.165) is 16.8 Å². The number of aryl methyl sites for hydroxylation is 1. The van der Waals surface area contributed by atoms with Crippen molar-refractivity contribution in [2.75, 3.05) is 5.32 Å². The molecule has 0 aromatic heterocycles. The quantitative estimate of drug-likeness (QED) is 0.883. The van der Waals surface area contributed by atoms with Crippen molar-refractivity contribution in [3.63, 3.8) is 0 Å². The van der Waals surface area contributed by atoms with E-state index in [1.165, 1.54) is 12.1 Å². The molecule has 0 aliphatic carbocycles. The van der Waals surface area contributed by atoms with Crippen LogP contribution in [0.15, 0.2) is 48.5 Å². The van der Waals surface area contributed by atoms with Crippen LogP contribution < -0.4 is 5.32 Å². The average Bonchev–Trinajstić information content (AvgIpc) is 2.44. The fraction of sp³-hybridized carbons (Fsp3) is 0.235. The Morgan fingerprint density at radius 3 is 2.24 bits per heavy atom. The first-order valence-corrected chi connectivity index (χ1v) is 6.72. The second-order valence-corrected chi connectivity index (χ2v) is 5.43. The molecular formula is C17H18FNO2. The first-order valence-electron chi connectivity index (χ1n) is 6.72. The smallest absolute Gasteiger partial charge is 0.329 e. The second-order valence-electron chi connectivity index (χ2n) is 5.43. The predicted octanol–water partition coefficient (Wildman–Crippen LogP) is 3.63. The number of carboxylic acid groups (broad SMARTS) is 1. The van der Waals surface area contributed by atoms with Crippen molar-refractivity contribution in [1.29, 1.82) is 0 Å². The lowest BCUT2D eigenvalue weighted by molar-refractivity contribution is -0.141. The van der Waals surface area contributed by atoms with Gasteiger partial charge in [0.1, 0.15) is 11.4 Å². The molecule has 1 atom stereocenters. The zero-order valence-corrected chi connectivity index (χ0v) is 12.1. The van der Waals surface area contributed by atoms with Gasteiger partial charge in [-0.3, -0.25) is 0 Å². The minimum Gasteiger partial charge on any atom is -0.480 e. The third-order valence-electron chi connectivity index (χ3n) is 3.41. The van der Waals surface area contributed by atoms with Gasteiger partial charge in [0.2, 0.25) is 0 Å². The molecule has 0 saturated carbocycles. The summed E-state index contributed by atoms with van der Waals surface area (Å²) < 4.78 is 12.9. The van der Waals surface area contributed by atoms with Gasteiger partial charge >= 0.3 is 5.97 Å². The zero-order valence-electron chi connectivity index (χ0n) is 12.1. The van der Waals surface area contributed by atoms with Crippen LogP contribution in [0.3, 0.4) is 0 Å². The summed E-state index contributed by atoms with van der Waals surface area (Å²) in [6.45, 7) is 3.59. The first kappa shape index (κ1) is 15.0. The van der Waals surface area contributed by atoms with Gasteiger partial charge in [0.25, 0.3) is 0 Å². The molecule has 4 heteroatoms. The zero-order chi connectivity index (χ0) is 15.5. The number of halogens is 1. The molecule has 0 amide bonds. The van der Waals surface area contributed by atoms with Crippen molar-refractivity contribution < 1.29 is 14.3 Å². The summed E-state index contributed by atoms with van der Waals surface area (Å²) in [7, 11) is 0. The number of nitrogens with one attached hydrogen (secondary N) is 1. The molecule has 0 saturated heterocycles. The monoisotopic (exact) mass is 287 g/mol. The van der Waals surface area contributed by atoms with Crippen LogP contribution >= 0.6 is 0 Å².